The van der Waals surface area contributed by atoms with Crippen molar-refractivity contribution in [3.8, 4) is 28.6 Å². The molecule has 2 aromatic carbocycles. The molecule has 2 aromatic heterocycles. The molecule has 0 bridgehead atoms. The van der Waals surface area contributed by atoms with E-state index in [1.807, 2.05) is 42.5 Å². The van der Waals surface area contributed by atoms with Gasteiger partial charge in [0.05, 0.1) is 31.7 Å². The van der Waals surface area contributed by atoms with Gasteiger partial charge in [0.1, 0.15) is 29.8 Å². The van der Waals surface area contributed by atoms with E-state index in [1.165, 1.54) is 12.4 Å². The third-order valence-corrected chi connectivity index (χ3v) is 6.77. The summed E-state index contributed by atoms with van der Waals surface area (Å²) in [5.41, 5.74) is 2.33. The second-order valence-electron chi connectivity index (χ2n) is 9.17. The molecular formula is C29H30N4O5. The molecule has 0 saturated carbocycles. The molecule has 2 unspecified atom stereocenters. The number of likely N-dealkylation sites (tertiary alicyclic amines) is 1. The number of carbonyl (C=O) groups excluding carboxylic acids is 1. The zero-order chi connectivity index (χ0) is 26.6. The average Bonchev–Trinajstić information content (AvgIpc) is 3.49. The zero-order valence-corrected chi connectivity index (χ0v) is 21.6. The number of hydrogen-bond acceptors (Lipinski definition) is 8. The highest BCUT2D eigenvalue weighted by Gasteiger charge is 2.30. The van der Waals surface area contributed by atoms with Crippen molar-refractivity contribution in [2.75, 3.05) is 32.6 Å². The second kappa shape index (κ2) is 10.8. The van der Waals surface area contributed by atoms with E-state index in [4.69, 9.17) is 18.6 Å². The summed E-state index contributed by atoms with van der Waals surface area (Å²) in [6.07, 6.45) is 5.12. The molecule has 1 aliphatic rings. The number of carbonyl (C=O) groups is 1. The normalized spacial score (nSPS) is 17.2. The smallest absolute Gasteiger partial charge is 0.245 e. The Kier molecular flexibility index (Phi) is 7.17. The Labute approximate surface area is 221 Å². The maximum absolute atomic E-state index is 12.1. The van der Waals surface area contributed by atoms with Gasteiger partial charge in [-0.15, -0.1) is 0 Å². The highest BCUT2D eigenvalue weighted by Crippen LogP contribution is 2.38. The van der Waals surface area contributed by atoms with Crippen LogP contribution >= 0.6 is 0 Å². The van der Waals surface area contributed by atoms with Crippen molar-refractivity contribution in [1.82, 2.24) is 14.9 Å². The van der Waals surface area contributed by atoms with Crippen LogP contribution in [0.3, 0.4) is 0 Å². The minimum Gasteiger partial charge on any atom is -0.495 e. The number of hydrogen-bond donors (Lipinski definition) is 1. The van der Waals surface area contributed by atoms with Gasteiger partial charge in [-0.3, -0.25) is 4.79 Å². The van der Waals surface area contributed by atoms with Crippen molar-refractivity contribution in [3.63, 3.8) is 0 Å². The van der Waals surface area contributed by atoms with Crippen LogP contribution in [0.2, 0.25) is 0 Å². The Balaban J connectivity index is 1.47. The summed E-state index contributed by atoms with van der Waals surface area (Å²) in [6.45, 7) is 6.89. The van der Waals surface area contributed by atoms with Crippen molar-refractivity contribution in [2.45, 2.75) is 19.4 Å². The summed E-state index contributed by atoms with van der Waals surface area (Å²) in [4.78, 5) is 22.8. The molecule has 196 valence electrons. The molecule has 2 atom stereocenters. The summed E-state index contributed by atoms with van der Waals surface area (Å²) in [5.74, 6) is 3.25. The lowest BCUT2D eigenvalue weighted by molar-refractivity contribution is -0.129. The second-order valence-corrected chi connectivity index (χ2v) is 9.17. The molecule has 1 fully saturated rings. The maximum Gasteiger partial charge on any atom is 0.245 e. The van der Waals surface area contributed by atoms with Gasteiger partial charge in [-0.1, -0.05) is 13.5 Å². The molecule has 1 amide bonds. The van der Waals surface area contributed by atoms with Gasteiger partial charge in [-0.05, 0) is 42.5 Å². The van der Waals surface area contributed by atoms with Gasteiger partial charge in [0.25, 0.3) is 0 Å². The fraction of sp³-hybridized carbons (Fsp3) is 0.276. The molecule has 3 heterocycles. The first-order valence-corrected chi connectivity index (χ1v) is 12.4. The lowest BCUT2D eigenvalue weighted by Crippen LogP contribution is -2.46. The molecule has 38 heavy (non-hydrogen) atoms. The molecule has 0 spiro atoms. The van der Waals surface area contributed by atoms with Crippen LogP contribution in [-0.2, 0) is 4.79 Å². The maximum atomic E-state index is 12.1. The molecular weight excluding hydrogens is 484 g/mol. The Morgan fingerprint density at radius 2 is 1.97 bits per heavy atom. The lowest BCUT2D eigenvalue weighted by atomic mass is 9.96. The highest BCUT2D eigenvalue weighted by atomic mass is 16.5. The van der Waals surface area contributed by atoms with Crippen LogP contribution in [0.15, 0.2) is 72.1 Å². The van der Waals surface area contributed by atoms with Gasteiger partial charge in [-0.25, -0.2) is 9.97 Å². The first kappa shape index (κ1) is 25.1. The number of amides is 1. The zero-order valence-electron chi connectivity index (χ0n) is 21.6. The van der Waals surface area contributed by atoms with E-state index in [-0.39, 0.29) is 17.9 Å². The van der Waals surface area contributed by atoms with Crippen molar-refractivity contribution in [2.24, 2.45) is 5.92 Å². The Hall–Kier alpha value is -4.53. The molecule has 9 nitrogen and oxygen atoms in total. The number of nitrogens with one attached hydrogen (secondary N) is 1. The first-order chi connectivity index (χ1) is 18.5. The number of furan rings is 1. The molecule has 4 aromatic rings. The number of aromatic nitrogens is 2. The van der Waals surface area contributed by atoms with Crippen LogP contribution in [0.4, 0.5) is 11.5 Å². The van der Waals surface area contributed by atoms with E-state index >= 15 is 0 Å². The standard InChI is InChI=1S/C29H30N4O5/c1-5-28(34)33-11-10-23(18(2)16-33)38-27-14-20-21(15-26(27)36-4)30-17-31-29(20)32-22-13-19(8-9-25(22)35-3)24-7-6-12-37-24/h5-9,12-15,17-18,23H,1,10-11,16H2,2-4H3,(H,30,31,32). The van der Waals surface area contributed by atoms with Crippen LogP contribution in [0.25, 0.3) is 22.2 Å². The number of piperidine rings is 1. The molecule has 0 aliphatic carbocycles. The largest absolute Gasteiger partial charge is 0.495 e. The molecule has 1 aliphatic heterocycles. The molecule has 9 heteroatoms. The fourth-order valence-corrected chi connectivity index (χ4v) is 4.74. The van der Waals surface area contributed by atoms with Gasteiger partial charge >= 0.3 is 0 Å². The van der Waals surface area contributed by atoms with E-state index in [0.29, 0.717) is 48.1 Å². The molecule has 1 N–H and O–H groups in total. The Morgan fingerprint density at radius 1 is 1.13 bits per heavy atom. The Morgan fingerprint density at radius 3 is 2.68 bits per heavy atom. The van der Waals surface area contributed by atoms with E-state index in [2.05, 4.69) is 28.8 Å². The molecule has 1 saturated heterocycles. The summed E-state index contributed by atoms with van der Waals surface area (Å²) < 4.78 is 23.3. The van der Waals surface area contributed by atoms with Gasteiger partial charge in [-0.2, -0.15) is 0 Å². The van der Waals surface area contributed by atoms with Crippen LogP contribution in [-0.4, -0.2) is 54.2 Å². The Bertz CT molecular complexity index is 1450. The van der Waals surface area contributed by atoms with E-state index < -0.39 is 0 Å². The summed E-state index contributed by atoms with van der Waals surface area (Å²) in [7, 11) is 3.23. The number of ether oxygens (including phenoxy) is 3. The molecule has 0 radical (unpaired) electrons. The van der Waals surface area contributed by atoms with E-state index in [9.17, 15) is 4.79 Å². The van der Waals surface area contributed by atoms with Gasteiger partial charge in [0.2, 0.25) is 5.91 Å². The van der Waals surface area contributed by atoms with Gasteiger partial charge < -0.3 is 28.8 Å². The van der Waals surface area contributed by atoms with Crippen molar-refractivity contribution < 1.29 is 23.4 Å². The number of nitrogens with zero attached hydrogens (tertiary/aromatic N) is 3. The minimum absolute atomic E-state index is 0.0574. The van der Waals surface area contributed by atoms with Gasteiger partial charge in [0.15, 0.2) is 11.5 Å². The summed E-state index contributed by atoms with van der Waals surface area (Å²) >= 11 is 0. The number of anilines is 2. The van der Waals surface area contributed by atoms with Gasteiger partial charge in [0, 0.05) is 42.4 Å². The van der Waals surface area contributed by atoms with Crippen molar-refractivity contribution in [1.29, 1.82) is 0 Å². The number of methoxy groups -OCH3 is 2. The monoisotopic (exact) mass is 514 g/mol. The SMILES string of the molecule is C=CC(=O)N1CCC(Oc2cc3c(Nc4cc(-c5ccco5)ccc4OC)ncnc3cc2OC)C(C)C1. The van der Waals surface area contributed by atoms with Crippen molar-refractivity contribution >= 4 is 28.3 Å². The predicted octanol–water partition coefficient (Wildman–Crippen LogP) is 5.45. The number of rotatable bonds is 8. The van der Waals surface area contributed by atoms with Crippen LogP contribution in [0.1, 0.15) is 13.3 Å². The third-order valence-electron chi connectivity index (χ3n) is 6.77. The van der Waals surface area contributed by atoms with Crippen LogP contribution in [0.5, 0.6) is 17.2 Å². The first-order valence-electron chi connectivity index (χ1n) is 12.4. The minimum atomic E-state index is -0.0821. The quantitative estimate of drug-likeness (QED) is 0.310. The van der Waals surface area contributed by atoms with E-state index in [1.54, 1.807) is 25.4 Å². The topological polar surface area (TPSA) is 99.0 Å². The summed E-state index contributed by atoms with van der Waals surface area (Å²) in [5, 5.41) is 4.17. The fourth-order valence-electron chi connectivity index (χ4n) is 4.74. The number of benzene rings is 2. The molecule has 5 rings (SSSR count). The summed E-state index contributed by atoms with van der Waals surface area (Å²) in [6, 6.07) is 13.3. The highest BCUT2D eigenvalue weighted by molar-refractivity contribution is 5.93. The van der Waals surface area contributed by atoms with Crippen LogP contribution < -0.4 is 19.5 Å². The van der Waals surface area contributed by atoms with Crippen LogP contribution in [0, 0.1) is 5.92 Å². The van der Waals surface area contributed by atoms with E-state index in [0.717, 1.165) is 22.4 Å². The lowest BCUT2D eigenvalue weighted by Gasteiger charge is -2.36. The van der Waals surface area contributed by atoms with Crippen molar-refractivity contribution in [3.05, 3.63) is 67.7 Å². The predicted molar refractivity (Wildman–Crippen MR) is 145 cm³/mol. The number of fused-ring (bicyclic) bond motifs is 1. The third kappa shape index (κ3) is 5.00. The average molecular weight is 515 g/mol.